The quantitative estimate of drug-likeness (QED) is 0.111. The van der Waals surface area contributed by atoms with Gasteiger partial charge in [0.1, 0.15) is 18.6 Å². The Kier molecular flexibility index (Phi) is 14.2. The van der Waals surface area contributed by atoms with Gasteiger partial charge in [0.2, 0.25) is 0 Å². The Morgan fingerprint density at radius 2 is 0.976 bits per heavy atom. The van der Waals surface area contributed by atoms with E-state index in [0.29, 0.717) is 77.4 Å². The first-order chi connectivity index (χ1) is 20.0. The predicted octanol–water partition coefficient (Wildman–Crippen LogP) is 4.52. The Bertz CT molecular complexity index is 1060. The molecule has 0 radical (unpaired) electrons. The predicted molar refractivity (Wildman–Crippen MR) is 164 cm³/mol. The molecule has 8 heteroatoms. The molecule has 0 N–H and O–H groups in total. The molecular formula is C33H44O7Si. The Labute approximate surface area is 245 Å². The minimum absolute atomic E-state index is 0.0526. The fourth-order valence-corrected chi connectivity index (χ4v) is 9.18. The van der Waals surface area contributed by atoms with Gasteiger partial charge in [0, 0.05) is 5.56 Å². The molecular weight excluding hydrogens is 536 g/mol. The summed E-state index contributed by atoms with van der Waals surface area (Å²) < 4.78 is 34.9. The van der Waals surface area contributed by atoms with Crippen molar-refractivity contribution in [3.63, 3.8) is 0 Å². The molecule has 0 aliphatic rings. The molecule has 0 aromatic heterocycles. The van der Waals surface area contributed by atoms with Gasteiger partial charge in [0.05, 0.1) is 59.5 Å². The van der Waals surface area contributed by atoms with Crippen molar-refractivity contribution in [1.82, 2.24) is 0 Å². The Balaban J connectivity index is 1.23. The number of aldehydes is 1. The first-order valence-corrected chi connectivity index (χ1v) is 16.1. The Hall–Kier alpha value is -2.85. The second kappa shape index (κ2) is 17.8. The van der Waals surface area contributed by atoms with Crippen molar-refractivity contribution in [1.29, 1.82) is 0 Å². The van der Waals surface area contributed by atoms with Gasteiger partial charge in [-0.15, -0.1) is 0 Å². The SMILES string of the molecule is CC(C)(C)[Si](OCCOCCOCCOCCOCCOc1ccc(C=O)cc1)(c1ccccc1)c1ccccc1. The van der Waals surface area contributed by atoms with E-state index in [0.717, 1.165) is 6.29 Å². The number of hydrogen-bond donors (Lipinski definition) is 0. The maximum Gasteiger partial charge on any atom is 0.261 e. The van der Waals surface area contributed by atoms with Crippen LogP contribution < -0.4 is 15.1 Å². The normalized spacial score (nSPS) is 11.9. The van der Waals surface area contributed by atoms with Crippen molar-refractivity contribution < 1.29 is 32.9 Å². The largest absolute Gasteiger partial charge is 0.491 e. The van der Waals surface area contributed by atoms with Crippen molar-refractivity contribution in [3.8, 4) is 5.75 Å². The molecule has 0 bridgehead atoms. The summed E-state index contributed by atoms with van der Waals surface area (Å²) in [7, 11) is -2.53. The lowest BCUT2D eigenvalue weighted by molar-refractivity contribution is -0.00726. The minimum atomic E-state index is -2.53. The summed E-state index contributed by atoms with van der Waals surface area (Å²) in [6.45, 7) is 11.7. The minimum Gasteiger partial charge on any atom is -0.491 e. The summed E-state index contributed by atoms with van der Waals surface area (Å²) >= 11 is 0. The molecule has 0 atom stereocenters. The van der Waals surface area contributed by atoms with E-state index in [2.05, 4.69) is 81.4 Å². The zero-order valence-corrected chi connectivity index (χ0v) is 25.6. The third-order valence-electron chi connectivity index (χ3n) is 6.59. The highest BCUT2D eigenvalue weighted by atomic mass is 28.4. The van der Waals surface area contributed by atoms with Gasteiger partial charge < -0.3 is 28.1 Å². The maximum atomic E-state index is 10.7. The number of hydrogen-bond acceptors (Lipinski definition) is 7. The monoisotopic (exact) mass is 580 g/mol. The van der Waals surface area contributed by atoms with Crippen LogP contribution in [0.4, 0.5) is 0 Å². The van der Waals surface area contributed by atoms with E-state index >= 15 is 0 Å². The Morgan fingerprint density at radius 3 is 1.39 bits per heavy atom. The summed E-state index contributed by atoms with van der Waals surface area (Å²) in [6.07, 6.45) is 0.806. The molecule has 3 aromatic carbocycles. The molecule has 0 aliphatic carbocycles. The van der Waals surface area contributed by atoms with Crippen LogP contribution in [-0.2, 0) is 23.4 Å². The second-order valence-electron chi connectivity index (χ2n) is 10.5. The van der Waals surface area contributed by atoms with Crippen molar-refractivity contribution in [2.24, 2.45) is 0 Å². The average Bonchev–Trinajstić information content (AvgIpc) is 2.99. The molecule has 0 spiro atoms. The van der Waals surface area contributed by atoms with E-state index in [1.54, 1.807) is 24.3 Å². The van der Waals surface area contributed by atoms with Crippen molar-refractivity contribution >= 4 is 25.0 Å². The van der Waals surface area contributed by atoms with Gasteiger partial charge in [-0.05, 0) is 39.7 Å². The van der Waals surface area contributed by atoms with Gasteiger partial charge in [-0.2, -0.15) is 0 Å². The van der Waals surface area contributed by atoms with Crippen LogP contribution in [0.2, 0.25) is 5.04 Å². The molecule has 7 nitrogen and oxygen atoms in total. The van der Waals surface area contributed by atoms with Crippen LogP contribution in [0.25, 0.3) is 0 Å². The van der Waals surface area contributed by atoms with Gasteiger partial charge >= 0.3 is 0 Å². The molecule has 0 aliphatic heterocycles. The fourth-order valence-electron chi connectivity index (χ4n) is 4.64. The lowest BCUT2D eigenvalue weighted by Gasteiger charge is -2.43. The van der Waals surface area contributed by atoms with Gasteiger partial charge in [-0.1, -0.05) is 81.4 Å². The third kappa shape index (κ3) is 10.5. The van der Waals surface area contributed by atoms with Crippen molar-refractivity contribution in [2.45, 2.75) is 25.8 Å². The summed E-state index contributed by atoms with van der Waals surface area (Å²) in [6, 6.07) is 28.2. The number of carbonyl (C=O) groups excluding carboxylic acids is 1. The highest BCUT2D eigenvalue weighted by Crippen LogP contribution is 2.36. The lowest BCUT2D eigenvalue weighted by Crippen LogP contribution is -2.66. The number of ether oxygens (including phenoxy) is 5. The topological polar surface area (TPSA) is 72.5 Å². The summed E-state index contributed by atoms with van der Waals surface area (Å²) in [5.41, 5.74) is 0.624. The van der Waals surface area contributed by atoms with Crippen LogP contribution in [-0.4, -0.2) is 80.7 Å². The maximum absolute atomic E-state index is 10.7. The van der Waals surface area contributed by atoms with E-state index in [-0.39, 0.29) is 5.04 Å². The number of carbonyl (C=O) groups is 1. The average molecular weight is 581 g/mol. The number of rotatable bonds is 20. The summed E-state index contributed by atoms with van der Waals surface area (Å²) in [4.78, 5) is 10.7. The van der Waals surface area contributed by atoms with Gasteiger partial charge in [-0.3, -0.25) is 4.79 Å². The summed E-state index contributed by atoms with van der Waals surface area (Å²) in [5, 5.41) is 2.48. The van der Waals surface area contributed by atoms with Crippen LogP contribution >= 0.6 is 0 Å². The molecule has 0 amide bonds. The van der Waals surface area contributed by atoms with Crippen LogP contribution in [0.1, 0.15) is 31.1 Å². The smallest absolute Gasteiger partial charge is 0.261 e. The third-order valence-corrected chi connectivity index (χ3v) is 11.6. The molecule has 41 heavy (non-hydrogen) atoms. The highest BCUT2D eigenvalue weighted by Gasteiger charge is 2.49. The van der Waals surface area contributed by atoms with Crippen LogP contribution in [0, 0.1) is 0 Å². The molecule has 222 valence electrons. The summed E-state index contributed by atoms with van der Waals surface area (Å²) in [5.74, 6) is 0.711. The highest BCUT2D eigenvalue weighted by molar-refractivity contribution is 6.99. The molecule has 3 rings (SSSR count). The van der Waals surface area contributed by atoms with E-state index in [4.69, 9.17) is 28.1 Å². The lowest BCUT2D eigenvalue weighted by atomic mass is 10.2. The Morgan fingerprint density at radius 1 is 0.561 bits per heavy atom. The van der Waals surface area contributed by atoms with E-state index in [1.165, 1.54) is 10.4 Å². The van der Waals surface area contributed by atoms with E-state index in [9.17, 15) is 4.79 Å². The van der Waals surface area contributed by atoms with Crippen molar-refractivity contribution in [2.75, 3.05) is 66.1 Å². The second-order valence-corrected chi connectivity index (χ2v) is 14.8. The zero-order valence-electron chi connectivity index (χ0n) is 24.6. The molecule has 0 saturated carbocycles. The van der Waals surface area contributed by atoms with Gasteiger partial charge in [0.25, 0.3) is 8.32 Å². The fraction of sp³-hybridized carbons (Fsp3) is 0.424. The molecule has 0 saturated heterocycles. The number of benzene rings is 3. The van der Waals surface area contributed by atoms with Gasteiger partial charge in [-0.25, -0.2) is 0 Å². The van der Waals surface area contributed by atoms with Crippen molar-refractivity contribution in [3.05, 3.63) is 90.5 Å². The van der Waals surface area contributed by atoms with E-state index in [1.807, 2.05) is 0 Å². The van der Waals surface area contributed by atoms with Crippen LogP contribution in [0.15, 0.2) is 84.9 Å². The first kappa shape index (κ1) is 32.7. The molecule has 0 heterocycles. The standard InChI is InChI=1S/C33H44O7Si/c1-33(2,3)41(31-10-6-4-7-11-31,32-12-8-5-9-13-32)40-27-25-38-23-21-36-19-18-35-20-22-37-24-26-39-30-16-14-29(28-34)15-17-30/h4-17,28H,18-27H2,1-3H3. The van der Waals surface area contributed by atoms with Crippen LogP contribution in [0.5, 0.6) is 5.75 Å². The van der Waals surface area contributed by atoms with Crippen LogP contribution in [0.3, 0.4) is 0 Å². The van der Waals surface area contributed by atoms with Gasteiger partial charge in [0.15, 0.2) is 0 Å². The first-order valence-electron chi connectivity index (χ1n) is 14.2. The zero-order chi connectivity index (χ0) is 29.2. The molecule has 0 unspecified atom stereocenters. The molecule has 3 aromatic rings. The molecule has 0 fully saturated rings. The van der Waals surface area contributed by atoms with E-state index < -0.39 is 8.32 Å².